The van der Waals surface area contributed by atoms with E-state index < -0.39 is 0 Å². The summed E-state index contributed by atoms with van der Waals surface area (Å²) in [5.41, 5.74) is 7.18. The molecule has 7 rings (SSSR count). The molecule has 0 unspecified atom stereocenters. The number of hydrogen-bond donors (Lipinski definition) is 0. The molecule has 0 aliphatic carbocycles. The van der Waals surface area contributed by atoms with Crippen LogP contribution in [0, 0.1) is 6.57 Å². The first-order valence-corrected chi connectivity index (χ1v) is 11.6. The minimum Gasteiger partial charge on any atom is -0.456 e. The fraction of sp³-hybridized carbons (Fsp3) is 0. The number of fused-ring (bicyclic) bond motifs is 5. The summed E-state index contributed by atoms with van der Waals surface area (Å²) in [4.78, 5) is 3.57. The predicted molar refractivity (Wildman–Crippen MR) is 146 cm³/mol. The Bertz CT molecular complexity index is 1900. The van der Waals surface area contributed by atoms with Crippen molar-refractivity contribution in [2.75, 3.05) is 0 Å². The van der Waals surface area contributed by atoms with Crippen LogP contribution in [0.5, 0.6) is 0 Å². The SMILES string of the molecule is [C-]#[N+]c1ccc(-c2c3ccccc3c(-c3ccc4oc5ccccc5c4c3)c3ccccc23)cc1. The summed E-state index contributed by atoms with van der Waals surface area (Å²) in [6.45, 7) is 7.32. The van der Waals surface area contributed by atoms with Gasteiger partial charge in [-0.05, 0) is 62.0 Å². The zero-order valence-electron chi connectivity index (χ0n) is 18.8. The highest BCUT2D eigenvalue weighted by Crippen LogP contribution is 2.44. The zero-order chi connectivity index (χ0) is 23.4. The van der Waals surface area contributed by atoms with Crippen LogP contribution in [0.15, 0.2) is 120 Å². The number of para-hydroxylation sites is 1. The molecule has 0 saturated heterocycles. The Morgan fingerprint density at radius 2 is 0.943 bits per heavy atom. The molecular weight excluding hydrogens is 426 g/mol. The van der Waals surface area contributed by atoms with Gasteiger partial charge in [-0.1, -0.05) is 97.1 Å². The van der Waals surface area contributed by atoms with Crippen LogP contribution in [0.2, 0.25) is 0 Å². The molecule has 2 heteroatoms. The predicted octanol–water partition coefficient (Wildman–Crippen LogP) is 9.78. The van der Waals surface area contributed by atoms with Gasteiger partial charge in [-0.15, -0.1) is 0 Å². The van der Waals surface area contributed by atoms with E-state index >= 15 is 0 Å². The Kier molecular flexibility index (Phi) is 4.24. The molecule has 0 spiro atoms. The molecule has 7 aromatic rings. The van der Waals surface area contributed by atoms with E-state index in [9.17, 15) is 0 Å². The van der Waals surface area contributed by atoms with Crippen LogP contribution in [-0.4, -0.2) is 0 Å². The van der Waals surface area contributed by atoms with Crippen molar-refractivity contribution in [3.63, 3.8) is 0 Å². The quantitative estimate of drug-likeness (QED) is 0.191. The van der Waals surface area contributed by atoms with Gasteiger partial charge in [-0.2, -0.15) is 0 Å². The maximum absolute atomic E-state index is 7.32. The summed E-state index contributed by atoms with van der Waals surface area (Å²) in [5, 5.41) is 7.09. The summed E-state index contributed by atoms with van der Waals surface area (Å²) in [5.74, 6) is 0. The van der Waals surface area contributed by atoms with E-state index in [1.54, 1.807) is 0 Å². The van der Waals surface area contributed by atoms with Crippen molar-refractivity contribution in [2.45, 2.75) is 0 Å². The van der Waals surface area contributed by atoms with Gasteiger partial charge < -0.3 is 4.42 Å². The molecular formula is C33H19NO. The van der Waals surface area contributed by atoms with Crippen LogP contribution < -0.4 is 0 Å². The molecule has 162 valence electrons. The van der Waals surface area contributed by atoms with E-state index in [4.69, 9.17) is 11.0 Å². The fourth-order valence-electron chi connectivity index (χ4n) is 5.33. The van der Waals surface area contributed by atoms with Crippen molar-refractivity contribution < 1.29 is 4.42 Å². The Balaban J connectivity index is 1.59. The average molecular weight is 446 g/mol. The number of furan rings is 1. The molecule has 0 aliphatic heterocycles. The topological polar surface area (TPSA) is 17.5 Å². The lowest BCUT2D eigenvalue weighted by Gasteiger charge is -2.17. The second kappa shape index (κ2) is 7.58. The molecule has 0 radical (unpaired) electrons. The summed E-state index contributed by atoms with van der Waals surface area (Å²) in [6.07, 6.45) is 0. The lowest BCUT2D eigenvalue weighted by molar-refractivity contribution is 0.669. The number of benzene rings is 6. The highest BCUT2D eigenvalue weighted by Gasteiger charge is 2.17. The summed E-state index contributed by atoms with van der Waals surface area (Å²) < 4.78 is 6.09. The minimum absolute atomic E-state index is 0.652. The first-order chi connectivity index (χ1) is 17.3. The lowest BCUT2D eigenvalue weighted by Crippen LogP contribution is -1.90. The van der Waals surface area contributed by atoms with Crippen molar-refractivity contribution in [1.29, 1.82) is 0 Å². The van der Waals surface area contributed by atoms with Gasteiger partial charge in [-0.25, -0.2) is 4.85 Å². The fourth-order valence-corrected chi connectivity index (χ4v) is 5.33. The number of rotatable bonds is 2. The number of nitrogens with zero attached hydrogens (tertiary/aromatic N) is 1. The zero-order valence-corrected chi connectivity index (χ0v) is 18.8. The van der Waals surface area contributed by atoms with Gasteiger partial charge in [0.05, 0.1) is 6.57 Å². The van der Waals surface area contributed by atoms with Gasteiger partial charge in [0.15, 0.2) is 5.69 Å². The molecule has 1 heterocycles. The molecule has 1 aromatic heterocycles. The van der Waals surface area contributed by atoms with Gasteiger partial charge in [0.25, 0.3) is 0 Å². The normalized spacial score (nSPS) is 11.4. The van der Waals surface area contributed by atoms with Crippen LogP contribution in [0.25, 0.3) is 70.6 Å². The molecule has 0 bridgehead atoms. The van der Waals surface area contributed by atoms with Crippen LogP contribution in [0.1, 0.15) is 0 Å². The molecule has 0 amide bonds. The third kappa shape index (κ3) is 2.96. The summed E-state index contributed by atoms with van der Waals surface area (Å²) in [6, 6.07) is 39.9. The largest absolute Gasteiger partial charge is 0.456 e. The molecule has 35 heavy (non-hydrogen) atoms. The van der Waals surface area contributed by atoms with Crippen molar-refractivity contribution in [3.8, 4) is 22.3 Å². The molecule has 0 saturated carbocycles. The monoisotopic (exact) mass is 445 g/mol. The molecule has 0 N–H and O–H groups in total. The average Bonchev–Trinajstić information content (AvgIpc) is 3.30. The van der Waals surface area contributed by atoms with Crippen molar-refractivity contribution in [2.24, 2.45) is 0 Å². The van der Waals surface area contributed by atoms with Gasteiger partial charge >= 0.3 is 0 Å². The summed E-state index contributed by atoms with van der Waals surface area (Å²) >= 11 is 0. The van der Waals surface area contributed by atoms with E-state index in [0.717, 1.165) is 27.5 Å². The lowest BCUT2D eigenvalue weighted by atomic mass is 9.86. The van der Waals surface area contributed by atoms with Crippen LogP contribution in [0.4, 0.5) is 5.69 Å². The van der Waals surface area contributed by atoms with Gasteiger partial charge in [0.2, 0.25) is 0 Å². The van der Waals surface area contributed by atoms with Gasteiger partial charge in [-0.3, -0.25) is 0 Å². The van der Waals surface area contributed by atoms with E-state index in [1.807, 2.05) is 24.3 Å². The Morgan fingerprint density at radius 3 is 1.54 bits per heavy atom. The van der Waals surface area contributed by atoms with Gasteiger partial charge in [0.1, 0.15) is 11.2 Å². The molecule has 0 aliphatic rings. The molecule has 2 nitrogen and oxygen atoms in total. The maximum atomic E-state index is 7.32. The summed E-state index contributed by atoms with van der Waals surface area (Å²) in [7, 11) is 0. The number of hydrogen-bond acceptors (Lipinski definition) is 1. The molecule has 6 aromatic carbocycles. The van der Waals surface area contributed by atoms with E-state index in [-0.39, 0.29) is 0 Å². The molecule has 0 fully saturated rings. The Labute approximate surface area is 202 Å². The first kappa shape index (κ1) is 19.6. The van der Waals surface area contributed by atoms with Crippen LogP contribution >= 0.6 is 0 Å². The van der Waals surface area contributed by atoms with Crippen LogP contribution in [-0.2, 0) is 0 Å². The van der Waals surface area contributed by atoms with Crippen molar-refractivity contribution in [1.82, 2.24) is 0 Å². The minimum atomic E-state index is 0.652. The third-order valence-electron chi connectivity index (χ3n) is 6.88. The highest BCUT2D eigenvalue weighted by atomic mass is 16.3. The van der Waals surface area contributed by atoms with Crippen molar-refractivity contribution in [3.05, 3.63) is 127 Å². The van der Waals surface area contributed by atoms with E-state index in [0.29, 0.717) is 5.69 Å². The second-order valence-electron chi connectivity index (χ2n) is 8.81. The molecule has 0 atom stereocenters. The standard InChI is InChI=1S/C33H19NO/c1-34-23-17-14-21(15-18-23)32-25-9-2-4-11-27(25)33(28-12-5-3-10-26(28)32)22-16-19-31-29(20-22)24-8-6-7-13-30(24)35-31/h2-20H. The van der Waals surface area contributed by atoms with Crippen molar-refractivity contribution >= 4 is 49.2 Å². The van der Waals surface area contributed by atoms with Gasteiger partial charge in [0, 0.05) is 10.8 Å². The van der Waals surface area contributed by atoms with E-state index in [1.165, 1.54) is 38.2 Å². The van der Waals surface area contributed by atoms with Crippen LogP contribution in [0.3, 0.4) is 0 Å². The third-order valence-corrected chi connectivity index (χ3v) is 6.88. The second-order valence-corrected chi connectivity index (χ2v) is 8.81. The maximum Gasteiger partial charge on any atom is 0.187 e. The Hall–Kier alpha value is -4.87. The smallest absolute Gasteiger partial charge is 0.187 e. The Morgan fingerprint density at radius 1 is 0.457 bits per heavy atom. The van der Waals surface area contributed by atoms with E-state index in [2.05, 4.69) is 95.8 Å². The first-order valence-electron chi connectivity index (χ1n) is 11.6. The highest BCUT2D eigenvalue weighted by molar-refractivity contribution is 6.22.